The zero-order chi connectivity index (χ0) is 30.6. The lowest BCUT2D eigenvalue weighted by Gasteiger charge is -2.38. The van der Waals surface area contributed by atoms with Crippen LogP contribution in [0.3, 0.4) is 0 Å². The summed E-state index contributed by atoms with van der Waals surface area (Å²) in [5.41, 5.74) is 2.22. The second-order valence-corrected chi connectivity index (χ2v) is 11.1. The second kappa shape index (κ2) is 10.4. The number of hydrogen-bond acceptors (Lipinski definition) is 7. The van der Waals surface area contributed by atoms with E-state index >= 15 is 4.79 Å². The summed E-state index contributed by atoms with van der Waals surface area (Å²) in [5.74, 6) is -0.879. The number of rotatable bonds is 7. The molecule has 0 aromatic heterocycles. The van der Waals surface area contributed by atoms with E-state index in [0.717, 1.165) is 11.1 Å². The molecule has 3 aliphatic heterocycles. The van der Waals surface area contributed by atoms with Crippen LogP contribution in [0.1, 0.15) is 43.4 Å². The molecule has 3 aliphatic rings. The van der Waals surface area contributed by atoms with Gasteiger partial charge in [-0.05, 0) is 59.2 Å². The van der Waals surface area contributed by atoms with Crippen LogP contribution in [-0.4, -0.2) is 49.7 Å². The van der Waals surface area contributed by atoms with E-state index in [2.05, 4.69) is 5.32 Å². The summed E-state index contributed by atoms with van der Waals surface area (Å²) in [6.45, 7) is 0. The third-order valence-corrected chi connectivity index (χ3v) is 9.15. The van der Waals surface area contributed by atoms with Gasteiger partial charge in [-0.2, -0.15) is 0 Å². The van der Waals surface area contributed by atoms with Crippen LogP contribution >= 0.6 is 0 Å². The highest BCUT2D eigenvalue weighted by molar-refractivity contribution is 6.17. The maximum atomic E-state index is 15.2. The summed E-state index contributed by atoms with van der Waals surface area (Å²) in [5, 5.41) is 3.07. The molecule has 8 nitrogen and oxygen atoms in total. The molecule has 1 saturated heterocycles. The number of nitrogens with one attached hydrogen (secondary N) is 1. The Morgan fingerprint density at radius 2 is 1.55 bits per heavy atom. The molecule has 4 atom stereocenters. The first-order chi connectivity index (χ1) is 21.4. The first-order valence-corrected chi connectivity index (χ1v) is 14.3. The van der Waals surface area contributed by atoms with Crippen LogP contribution in [-0.2, 0) is 10.2 Å². The Labute approximate surface area is 254 Å². The minimum absolute atomic E-state index is 0.231. The fourth-order valence-electron chi connectivity index (χ4n) is 7.29. The zero-order valence-corrected chi connectivity index (χ0v) is 24.4. The molecule has 1 spiro atoms. The van der Waals surface area contributed by atoms with Gasteiger partial charge in [-0.25, -0.2) is 0 Å². The molecule has 44 heavy (non-hydrogen) atoms. The molecule has 0 aliphatic carbocycles. The van der Waals surface area contributed by atoms with E-state index in [0.29, 0.717) is 34.1 Å². The van der Waals surface area contributed by atoms with Gasteiger partial charge in [0.05, 0.1) is 38.9 Å². The van der Waals surface area contributed by atoms with Crippen molar-refractivity contribution in [2.24, 2.45) is 5.92 Å². The van der Waals surface area contributed by atoms with Crippen molar-refractivity contribution in [3.05, 3.63) is 125 Å². The Hall–Kier alpha value is -5.37. The highest BCUT2D eigenvalue weighted by Crippen LogP contribution is 2.62. The van der Waals surface area contributed by atoms with E-state index < -0.39 is 29.2 Å². The van der Waals surface area contributed by atoms with E-state index in [-0.39, 0.29) is 17.3 Å². The Morgan fingerprint density at radius 1 is 0.795 bits per heavy atom. The molecule has 0 radical (unpaired) electrons. The molecule has 8 heteroatoms. The van der Waals surface area contributed by atoms with Gasteiger partial charge in [0.25, 0.3) is 0 Å². The number of ketones is 2. The van der Waals surface area contributed by atoms with Gasteiger partial charge in [-0.3, -0.25) is 14.4 Å². The second-order valence-electron chi connectivity index (χ2n) is 11.1. The molecule has 1 amide bonds. The third kappa shape index (κ3) is 3.80. The van der Waals surface area contributed by atoms with Gasteiger partial charge in [0.1, 0.15) is 28.7 Å². The molecule has 0 bridgehead atoms. The SMILES string of the molecule is COc1cccc(C(=O)[C@@H]2[C@H](C(=O)c3cc(OC)ccc3OC)[C@]3(C(=O)Nc4ccccc43)[C@@H]3c4ccccc4C=CN23)c1. The van der Waals surface area contributed by atoms with Crippen LogP contribution in [0, 0.1) is 5.92 Å². The number of nitrogens with zero attached hydrogens (tertiary/aromatic N) is 1. The highest BCUT2D eigenvalue weighted by Gasteiger charge is 2.71. The smallest absolute Gasteiger partial charge is 0.238 e. The lowest BCUT2D eigenvalue weighted by Crippen LogP contribution is -2.49. The van der Waals surface area contributed by atoms with Gasteiger partial charge in [-0.1, -0.05) is 54.6 Å². The topological polar surface area (TPSA) is 94.2 Å². The fourth-order valence-corrected chi connectivity index (χ4v) is 7.29. The van der Waals surface area contributed by atoms with E-state index in [9.17, 15) is 9.59 Å². The molecule has 220 valence electrons. The van der Waals surface area contributed by atoms with Gasteiger partial charge in [0.15, 0.2) is 11.6 Å². The largest absolute Gasteiger partial charge is 0.497 e. The normalized spacial score (nSPS) is 22.6. The molecule has 0 saturated carbocycles. The van der Waals surface area contributed by atoms with Crippen LogP contribution in [0.2, 0.25) is 0 Å². The molecule has 7 rings (SSSR count). The molecule has 3 heterocycles. The first-order valence-electron chi connectivity index (χ1n) is 14.3. The van der Waals surface area contributed by atoms with Crippen molar-refractivity contribution >= 4 is 29.2 Å². The number of hydrogen-bond donors (Lipinski definition) is 1. The number of benzene rings is 4. The Balaban J connectivity index is 1.55. The minimum Gasteiger partial charge on any atom is -0.497 e. The molecule has 4 aromatic carbocycles. The first kappa shape index (κ1) is 27.5. The number of carbonyl (C=O) groups is 3. The van der Waals surface area contributed by atoms with Crippen molar-refractivity contribution in [1.82, 2.24) is 4.90 Å². The lowest BCUT2D eigenvalue weighted by atomic mass is 9.62. The number of methoxy groups -OCH3 is 3. The predicted molar refractivity (Wildman–Crippen MR) is 165 cm³/mol. The number of ether oxygens (including phenoxy) is 3. The number of amides is 1. The van der Waals surface area contributed by atoms with Crippen molar-refractivity contribution in [2.45, 2.75) is 17.5 Å². The third-order valence-electron chi connectivity index (χ3n) is 9.15. The van der Waals surface area contributed by atoms with E-state index in [1.165, 1.54) is 21.3 Å². The van der Waals surface area contributed by atoms with E-state index in [1.807, 2.05) is 65.7 Å². The van der Waals surface area contributed by atoms with Crippen LogP contribution in [0.15, 0.2) is 97.2 Å². The standard InChI is InChI=1S/C36H30N2O6/c1-42-23-11-8-10-22(19-23)32(39)31-30(33(40)26-20-24(43-2)15-16-29(26)44-3)36(27-13-6-7-14-28(27)37-35(36)41)34-25-12-5-4-9-21(25)17-18-38(31)34/h4-20,30-31,34H,1-3H3,(H,37,41)/t30-,31+,34+,36+/m1/s1. The monoisotopic (exact) mass is 586 g/mol. The average molecular weight is 587 g/mol. The van der Waals surface area contributed by atoms with Crippen molar-refractivity contribution < 1.29 is 28.6 Å². The quantitative estimate of drug-likeness (QED) is 0.278. The van der Waals surface area contributed by atoms with Crippen LogP contribution in [0.4, 0.5) is 5.69 Å². The molecule has 1 fully saturated rings. The molecule has 4 aromatic rings. The predicted octanol–water partition coefficient (Wildman–Crippen LogP) is 5.69. The summed E-state index contributed by atoms with van der Waals surface area (Å²) in [6.07, 6.45) is 3.78. The van der Waals surface area contributed by atoms with Crippen molar-refractivity contribution in [3.8, 4) is 17.2 Å². The van der Waals surface area contributed by atoms with Gasteiger partial charge in [0, 0.05) is 17.5 Å². The number of para-hydroxylation sites is 1. The summed E-state index contributed by atoms with van der Waals surface area (Å²) in [6, 6.07) is 25.4. The van der Waals surface area contributed by atoms with E-state index in [4.69, 9.17) is 14.2 Å². The molecular formula is C36H30N2O6. The number of anilines is 1. The number of fused-ring (bicyclic) bond motifs is 6. The lowest BCUT2D eigenvalue weighted by molar-refractivity contribution is -0.122. The highest BCUT2D eigenvalue weighted by atomic mass is 16.5. The van der Waals surface area contributed by atoms with Gasteiger partial charge >= 0.3 is 0 Å². The Morgan fingerprint density at radius 3 is 2.34 bits per heavy atom. The minimum atomic E-state index is -1.46. The maximum absolute atomic E-state index is 15.2. The summed E-state index contributed by atoms with van der Waals surface area (Å²) in [4.78, 5) is 46.5. The van der Waals surface area contributed by atoms with Crippen LogP contribution in [0.5, 0.6) is 17.2 Å². The Kier molecular flexibility index (Phi) is 6.50. The molecule has 1 N–H and O–H groups in total. The molecular weight excluding hydrogens is 556 g/mol. The summed E-state index contributed by atoms with van der Waals surface area (Å²) < 4.78 is 16.6. The van der Waals surface area contributed by atoms with Crippen molar-refractivity contribution in [1.29, 1.82) is 0 Å². The number of carbonyl (C=O) groups excluding carboxylic acids is 3. The molecule has 0 unspecified atom stereocenters. The van der Waals surface area contributed by atoms with E-state index in [1.54, 1.807) is 42.5 Å². The summed E-state index contributed by atoms with van der Waals surface area (Å²) in [7, 11) is 4.54. The van der Waals surface area contributed by atoms with Gasteiger partial charge in [0.2, 0.25) is 5.91 Å². The zero-order valence-electron chi connectivity index (χ0n) is 24.4. The van der Waals surface area contributed by atoms with Crippen LogP contribution < -0.4 is 19.5 Å². The number of Topliss-reactive ketones (excluding diaryl/α,β-unsaturated/α-hetero) is 2. The average Bonchev–Trinajstić information content (AvgIpc) is 3.55. The summed E-state index contributed by atoms with van der Waals surface area (Å²) >= 11 is 0. The van der Waals surface area contributed by atoms with Gasteiger partial charge in [-0.15, -0.1) is 0 Å². The Bertz CT molecular complexity index is 1870. The van der Waals surface area contributed by atoms with Crippen molar-refractivity contribution in [3.63, 3.8) is 0 Å². The fraction of sp³-hybridized carbons (Fsp3) is 0.194. The maximum Gasteiger partial charge on any atom is 0.238 e. The van der Waals surface area contributed by atoms with Gasteiger partial charge < -0.3 is 24.4 Å². The van der Waals surface area contributed by atoms with Crippen molar-refractivity contribution in [2.75, 3.05) is 26.6 Å². The van der Waals surface area contributed by atoms with Crippen LogP contribution in [0.25, 0.3) is 6.08 Å².